The number of aryl methyl sites for hydroxylation is 1. The molecule has 0 saturated carbocycles. The number of unbranched alkanes of at least 4 members (excludes halogenated alkanes) is 1. The monoisotopic (exact) mass is 559 g/mol. The van der Waals surface area contributed by atoms with Gasteiger partial charge in [0, 0.05) is 51.6 Å². The molecule has 11 nitrogen and oxygen atoms in total. The Balaban J connectivity index is 1.54. The number of anilines is 3. The van der Waals surface area contributed by atoms with Crippen molar-refractivity contribution in [1.29, 1.82) is 0 Å². The summed E-state index contributed by atoms with van der Waals surface area (Å²) in [6.45, 7) is 5.69. The summed E-state index contributed by atoms with van der Waals surface area (Å²) in [6, 6.07) is 5.38. The number of amides is 2. The maximum atomic E-state index is 12.5. The highest BCUT2D eigenvalue weighted by atomic mass is 16.2. The molecule has 0 bridgehead atoms. The number of benzene rings is 1. The van der Waals surface area contributed by atoms with Crippen LogP contribution in [0.1, 0.15) is 38.7 Å². The quantitative estimate of drug-likeness (QED) is 0.166. The van der Waals surface area contributed by atoms with Crippen molar-refractivity contribution in [3.63, 3.8) is 0 Å². The molecule has 0 radical (unpaired) electrons. The first-order chi connectivity index (χ1) is 19.7. The van der Waals surface area contributed by atoms with Gasteiger partial charge in [-0.1, -0.05) is 37.0 Å². The van der Waals surface area contributed by atoms with Crippen molar-refractivity contribution in [1.82, 2.24) is 34.9 Å². The number of likely N-dealkylation sites (N-methyl/N-ethyl adjacent to an activating group) is 2. The molecule has 0 spiro atoms. The van der Waals surface area contributed by atoms with Crippen molar-refractivity contribution in [2.45, 2.75) is 39.2 Å². The van der Waals surface area contributed by atoms with Crippen LogP contribution in [0, 0.1) is 11.8 Å². The molecule has 218 valence electrons. The van der Waals surface area contributed by atoms with Crippen LogP contribution in [-0.2, 0) is 16.6 Å². The number of hydrogen-bond acceptors (Lipinski definition) is 8. The van der Waals surface area contributed by atoms with Crippen molar-refractivity contribution in [3.05, 3.63) is 48.3 Å². The van der Waals surface area contributed by atoms with Gasteiger partial charge in [-0.05, 0) is 39.9 Å². The van der Waals surface area contributed by atoms with E-state index in [1.807, 2.05) is 55.1 Å². The summed E-state index contributed by atoms with van der Waals surface area (Å²) >= 11 is 0. The average molecular weight is 560 g/mol. The van der Waals surface area contributed by atoms with Gasteiger partial charge in [-0.15, -0.1) is 0 Å². The van der Waals surface area contributed by atoms with E-state index < -0.39 is 6.04 Å². The molecule has 1 atom stereocenters. The van der Waals surface area contributed by atoms with Gasteiger partial charge in [-0.3, -0.25) is 14.3 Å². The van der Waals surface area contributed by atoms with Crippen LogP contribution in [0.2, 0.25) is 0 Å². The van der Waals surface area contributed by atoms with Gasteiger partial charge in [-0.25, -0.2) is 4.98 Å². The maximum Gasteiger partial charge on any atom is 0.246 e. The number of carbonyl (C=O) groups is 2. The Hall–Kier alpha value is -4.43. The third kappa shape index (κ3) is 9.05. The van der Waals surface area contributed by atoms with E-state index >= 15 is 0 Å². The molecule has 2 heterocycles. The molecular formula is C30H41N9O2. The molecule has 2 aromatic heterocycles. The van der Waals surface area contributed by atoms with E-state index in [2.05, 4.69) is 49.8 Å². The number of fused-ring (bicyclic) bond motifs is 1. The topological polar surface area (TPSA) is 120 Å². The second-order valence-electron chi connectivity index (χ2n) is 10.0. The summed E-state index contributed by atoms with van der Waals surface area (Å²) in [4.78, 5) is 37.3. The largest absolute Gasteiger partial charge is 0.369 e. The minimum Gasteiger partial charge on any atom is -0.369 e. The molecule has 2 amide bonds. The van der Waals surface area contributed by atoms with Gasteiger partial charge in [-0.2, -0.15) is 10.1 Å². The fourth-order valence-corrected chi connectivity index (χ4v) is 3.91. The molecule has 0 unspecified atom stereocenters. The molecule has 0 aliphatic rings. The Morgan fingerprint density at radius 1 is 1.17 bits per heavy atom. The maximum absolute atomic E-state index is 12.5. The Kier molecular flexibility index (Phi) is 11.7. The van der Waals surface area contributed by atoms with Crippen LogP contribution in [0.15, 0.2) is 42.7 Å². The average Bonchev–Trinajstić information content (AvgIpc) is 3.34. The fourth-order valence-electron chi connectivity index (χ4n) is 3.91. The van der Waals surface area contributed by atoms with Crippen LogP contribution in [0.5, 0.6) is 0 Å². The van der Waals surface area contributed by atoms with Crippen molar-refractivity contribution in [3.8, 4) is 11.8 Å². The van der Waals surface area contributed by atoms with Crippen molar-refractivity contribution >= 4 is 40.2 Å². The lowest BCUT2D eigenvalue weighted by atomic mass is 10.2. The number of para-hydroxylation sites is 1. The van der Waals surface area contributed by atoms with E-state index in [9.17, 15) is 9.59 Å². The third-order valence-corrected chi connectivity index (χ3v) is 6.38. The van der Waals surface area contributed by atoms with E-state index in [4.69, 9.17) is 0 Å². The second-order valence-corrected chi connectivity index (χ2v) is 10.0. The molecular weight excluding hydrogens is 518 g/mol. The van der Waals surface area contributed by atoms with Crippen LogP contribution < -0.4 is 16.0 Å². The highest BCUT2D eigenvalue weighted by molar-refractivity contribution is 5.93. The fraction of sp³-hybridized carbons (Fsp3) is 0.433. The molecule has 0 saturated heterocycles. The lowest BCUT2D eigenvalue weighted by Crippen LogP contribution is -2.45. The molecule has 3 N–H and O–H groups in total. The van der Waals surface area contributed by atoms with Crippen LogP contribution in [0.4, 0.5) is 17.5 Å². The smallest absolute Gasteiger partial charge is 0.246 e. The van der Waals surface area contributed by atoms with Crippen LogP contribution >= 0.6 is 0 Å². The van der Waals surface area contributed by atoms with Crippen molar-refractivity contribution < 1.29 is 9.59 Å². The van der Waals surface area contributed by atoms with Gasteiger partial charge in [0.15, 0.2) is 0 Å². The Morgan fingerprint density at radius 2 is 1.98 bits per heavy atom. The lowest BCUT2D eigenvalue weighted by Gasteiger charge is -2.23. The zero-order valence-electron chi connectivity index (χ0n) is 24.9. The predicted octanol–water partition coefficient (Wildman–Crippen LogP) is 3.14. The second kappa shape index (κ2) is 15.4. The van der Waals surface area contributed by atoms with Gasteiger partial charge in [0.1, 0.15) is 11.9 Å². The van der Waals surface area contributed by atoms with Gasteiger partial charge < -0.3 is 25.8 Å². The summed E-state index contributed by atoms with van der Waals surface area (Å²) in [5.74, 6) is 7.06. The highest BCUT2D eigenvalue weighted by Gasteiger charge is 2.20. The molecule has 3 rings (SSSR count). The molecule has 0 fully saturated rings. The Morgan fingerprint density at radius 3 is 2.73 bits per heavy atom. The van der Waals surface area contributed by atoms with E-state index in [1.165, 1.54) is 11.0 Å². The SMILES string of the molecule is CCCNc1nc(Nc2cccc3cnn(C)c23)ncc1C#CCCCNC(=O)[C@H](C)N(C)C(=O)C=CCN(C)C. The summed E-state index contributed by atoms with van der Waals surface area (Å²) < 4.78 is 1.82. The molecule has 11 heteroatoms. The number of carbonyl (C=O) groups excluding carboxylic acids is 2. The normalized spacial score (nSPS) is 11.8. The first-order valence-electron chi connectivity index (χ1n) is 13.8. The van der Waals surface area contributed by atoms with E-state index in [1.54, 1.807) is 26.2 Å². The first kappa shape index (κ1) is 31.1. The Labute approximate surface area is 242 Å². The summed E-state index contributed by atoms with van der Waals surface area (Å²) in [5, 5.41) is 14.9. The van der Waals surface area contributed by atoms with Gasteiger partial charge in [0.2, 0.25) is 17.8 Å². The van der Waals surface area contributed by atoms with Crippen LogP contribution in [0.25, 0.3) is 10.9 Å². The zero-order valence-corrected chi connectivity index (χ0v) is 24.9. The van der Waals surface area contributed by atoms with Crippen molar-refractivity contribution in [2.75, 3.05) is 51.4 Å². The van der Waals surface area contributed by atoms with Gasteiger partial charge >= 0.3 is 0 Å². The van der Waals surface area contributed by atoms with E-state index in [0.717, 1.165) is 29.6 Å². The zero-order chi connectivity index (χ0) is 29.8. The van der Waals surface area contributed by atoms with Crippen LogP contribution in [-0.4, -0.2) is 88.2 Å². The number of rotatable bonds is 13. The molecule has 41 heavy (non-hydrogen) atoms. The van der Waals surface area contributed by atoms with Crippen molar-refractivity contribution in [2.24, 2.45) is 7.05 Å². The number of hydrogen-bond donors (Lipinski definition) is 3. The Bertz CT molecular complexity index is 1420. The number of nitrogens with one attached hydrogen (secondary N) is 3. The molecule has 1 aromatic carbocycles. The molecule has 0 aliphatic heterocycles. The highest BCUT2D eigenvalue weighted by Crippen LogP contribution is 2.25. The van der Waals surface area contributed by atoms with E-state index in [0.29, 0.717) is 43.3 Å². The number of aromatic nitrogens is 4. The first-order valence-corrected chi connectivity index (χ1v) is 13.8. The molecule has 0 aliphatic carbocycles. The number of nitrogens with zero attached hydrogens (tertiary/aromatic N) is 6. The standard InChI is InChI=1S/C30H41N9O2/c1-7-17-31-28-24(20-33-30(36-28)35-25-15-11-14-23-21-34-39(6)27(23)25)13-9-8-10-18-32-29(41)22(2)38(5)26(40)16-12-19-37(3)4/h11-12,14-16,20-22H,7-8,10,17-19H2,1-6H3,(H,32,41)(H2,31,33,35,36)/t22-/m0/s1. The van der Waals surface area contributed by atoms with Crippen LogP contribution in [0.3, 0.4) is 0 Å². The predicted molar refractivity (Wildman–Crippen MR) is 164 cm³/mol. The van der Waals surface area contributed by atoms with Gasteiger partial charge in [0.05, 0.1) is 29.2 Å². The minimum atomic E-state index is -0.570. The third-order valence-electron chi connectivity index (χ3n) is 6.38. The molecule has 3 aromatic rings. The summed E-state index contributed by atoms with van der Waals surface area (Å²) in [5.41, 5.74) is 2.55. The summed E-state index contributed by atoms with van der Waals surface area (Å²) in [6.07, 6.45) is 9.03. The minimum absolute atomic E-state index is 0.195. The van der Waals surface area contributed by atoms with E-state index in [-0.39, 0.29) is 11.8 Å². The van der Waals surface area contributed by atoms with Gasteiger partial charge in [0.25, 0.3) is 0 Å². The lowest BCUT2D eigenvalue weighted by molar-refractivity contribution is -0.135. The summed E-state index contributed by atoms with van der Waals surface area (Å²) in [7, 11) is 7.38.